The van der Waals surface area contributed by atoms with Crippen LogP contribution in [0.1, 0.15) is 11.7 Å². The van der Waals surface area contributed by atoms with Crippen LogP contribution in [0.2, 0.25) is 0 Å². The number of hydrogen-bond donors (Lipinski definition) is 4. The lowest BCUT2D eigenvalue weighted by atomic mass is 10.1. The first kappa shape index (κ1) is 9.76. The third-order valence-corrected chi connectivity index (χ3v) is 1.73. The van der Waals surface area contributed by atoms with Gasteiger partial charge in [0.15, 0.2) is 11.5 Å². The van der Waals surface area contributed by atoms with Crippen LogP contribution in [-0.2, 0) is 0 Å². The minimum atomic E-state index is -1.06. The number of quaternary nitrogens is 1. The van der Waals surface area contributed by atoms with Gasteiger partial charge < -0.3 is 21.1 Å². The van der Waals surface area contributed by atoms with E-state index >= 15 is 0 Å². The van der Waals surface area contributed by atoms with Crippen molar-refractivity contribution in [1.82, 2.24) is 0 Å². The minimum absolute atomic E-state index is 0.0645. The Morgan fingerprint density at radius 2 is 1.85 bits per heavy atom. The third kappa shape index (κ3) is 1.88. The van der Waals surface area contributed by atoms with Gasteiger partial charge in [0.1, 0.15) is 18.5 Å². The number of phenolic OH excluding ortho intramolecular Hbond substituents is 2. The second-order valence-electron chi connectivity index (χ2n) is 2.67. The first-order valence-electron chi connectivity index (χ1n) is 3.75. The monoisotopic (exact) mass is 188 g/mol. The van der Waals surface area contributed by atoms with Gasteiger partial charge in [0, 0.05) is 11.6 Å². The van der Waals surface area contributed by atoms with Crippen LogP contribution in [0.3, 0.4) is 0 Å². The fourth-order valence-corrected chi connectivity index (χ4v) is 0.978. The van der Waals surface area contributed by atoms with Crippen molar-refractivity contribution in [2.24, 2.45) is 0 Å². The summed E-state index contributed by atoms with van der Waals surface area (Å²) >= 11 is 0. The van der Waals surface area contributed by atoms with Crippen LogP contribution in [-0.4, -0.2) is 21.9 Å². The summed E-state index contributed by atoms with van der Waals surface area (Å²) in [4.78, 5) is 0. The lowest BCUT2D eigenvalue weighted by molar-refractivity contribution is -0.385. The average molecular weight is 188 g/mol. The number of phenols is 2. The lowest BCUT2D eigenvalue weighted by Crippen LogP contribution is -2.53. The minimum Gasteiger partial charge on any atom is -0.504 e. The molecule has 1 rings (SSSR count). The summed E-state index contributed by atoms with van der Waals surface area (Å²) in [5.41, 5.74) is 3.33. The van der Waals surface area contributed by atoms with Gasteiger partial charge in [-0.1, -0.05) is 0 Å². The maximum atomic E-state index is 13.0. The Kier molecular flexibility index (Phi) is 2.69. The zero-order valence-electron chi connectivity index (χ0n) is 6.87. The van der Waals surface area contributed by atoms with Crippen LogP contribution in [0.25, 0.3) is 0 Å². The van der Waals surface area contributed by atoms with Gasteiger partial charge in [0.2, 0.25) is 0 Å². The van der Waals surface area contributed by atoms with Crippen LogP contribution in [0.15, 0.2) is 12.1 Å². The van der Waals surface area contributed by atoms with Crippen LogP contribution in [0, 0.1) is 5.82 Å². The number of halogens is 1. The fraction of sp³-hybridized carbons (Fsp3) is 0.250. The van der Waals surface area contributed by atoms with E-state index in [1.54, 1.807) is 0 Å². The summed E-state index contributed by atoms with van der Waals surface area (Å²) in [5, 5.41) is 27.1. The summed E-state index contributed by atoms with van der Waals surface area (Å²) < 4.78 is 13.0. The first-order valence-corrected chi connectivity index (χ1v) is 3.75. The molecule has 1 atom stereocenters. The summed E-state index contributed by atoms with van der Waals surface area (Å²) in [6.45, 7) is 0.0983. The smallest absolute Gasteiger partial charge is 0.160 e. The molecule has 0 spiro atoms. The van der Waals surface area contributed by atoms with Gasteiger partial charge in [-0.2, -0.15) is 0 Å². The van der Waals surface area contributed by atoms with Crippen LogP contribution >= 0.6 is 0 Å². The number of benzene rings is 1. The molecule has 0 saturated heterocycles. The molecule has 0 saturated carbocycles. The molecule has 72 valence electrons. The average Bonchev–Trinajstić information content (AvgIpc) is 2.10. The van der Waals surface area contributed by atoms with E-state index in [4.69, 9.17) is 10.2 Å². The summed E-state index contributed by atoms with van der Waals surface area (Å²) in [6, 6.07) is 1.74. The summed E-state index contributed by atoms with van der Waals surface area (Å²) in [6.07, 6.45) is -1.06. The largest absolute Gasteiger partial charge is 0.504 e. The molecule has 4 nitrogen and oxygen atoms in total. The van der Waals surface area contributed by atoms with Gasteiger partial charge in [-0.25, -0.2) is 4.39 Å². The Balaban J connectivity index is 3.15. The zero-order chi connectivity index (χ0) is 10.0. The van der Waals surface area contributed by atoms with Crippen molar-refractivity contribution >= 4 is 0 Å². The SMILES string of the molecule is [NH3+]CC(O)c1cc(O)c(O)cc1F. The molecule has 1 aromatic carbocycles. The van der Waals surface area contributed by atoms with Crippen molar-refractivity contribution < 1.29 is 25.4 Å². The molecule has 0 aliphatic carbocycles. The molecule has 13 heavy (non-hydrogen) atoms. The van der Waals surface area contributed by atoms with Gasteiger partial charge in [0.25, 0.3) is 0 Å². The Labute approximate surface area is 74.0 Å². The Morgan fingerprint density at radius 3 is 2.38 bits per heavy atom. The van der Waals surface area contributed by atoms with Gasteiger partial charge >= 0.3 is 0 Å². The second-order valence-corrected chi connectivity index (χ2v) is 2.67. The summed E-state index contributed by atoms with van der Waals surface area (Å²) in [5.74, 6) is -1.76. The highest BCUT2D eigenvalue weighted by Crippen LogP contribution is 2.29. The maximum absolute atomic E-state index is 13.0. The molecule has 0 aliphatic heterocycles. The Morgan fingerprint density at radius 1 is 1.31 bits per heavy atom. The topological polar surface area (TPSA) is 88.3 Å². The lowest BCUT2D eigenvalue weighted by Gasteiger charge is -2.08. The molecule has 6 N–H and O–H groups in total. The Hall–Kier alpha value is -1.33. The van der Waals surface area contributed by atoms with Crippen molar-refractivity contribution in [3.63, 3.8) is 0 Å². The third-order valence-electron chi connectivity index (χ3n) is 1.73. The van der Waals surface area contributed by atoms with Crippen molar-refractivity contribution in [2.45, 2.75) is 6.10 Å². The van der Waals surface area contributed by atoms with Crippen molar-refractivity contribution in [3.8, 4) is 11.5 Å². The number of aromatic hydroxyl groups is 2. The molecular formula is C8H11FNO3+. The fourth-order valence-electron chi connectivity index (χ4n) is 0.978. The van der Waals surface area contributed by atoms with E-state index in [2.05, 4.69) is 5.73 Å². The highest BCUT2D eigenvalue weighted by Gasteiger charge is 2.15. The van der Waals surface area contributed by atoms with E-state index < -0.39 is 23.4 Å². The zero-order valence-corrected chi connectivity index (χ0v) is 6.87. The van der Waals surface area contributed by atoms with E-state index in [1.165, 1.54) is 0 Å². The van der Waals surface area contributed by atoms with E-state index in [0.29, 0.717) is 0 Å². The molecular weight excluding hydrogens is 177 g/mol. The molecule has 0 bridgehead atoms. The first-order chi connectivity index (χ1) is 6.06. The van der Waals surface area contributed by atoms with Gasteiger partial charge in [0.05, 0.1) is 0 Å². The van der Waals surface area contributed by atoms with E-state index in [1.807, 2.05) is 0 Å². The predicted octanol–water partition coefficient (Wildman–Crippen LogP) is -0.488. The molecule has 0 heterocycles. The van der Waals surface area contributed by atoms with E-state index in [-0.39, 0.29) is 12.1 Å². The van der Waals surface area contributed by atoms with Crippen LogP contribution in [0.4, 0.5) is 4.39 Å². The van der Waals surface area contributed by atoms with Crippen LogP contribution < -0.4 is 5.73 Å². The van der Waals surface area contributed by atoms with E-state index in [9.17, 15) is 9.50 Å². The van der Waals surface area contributed by atoms with Gasteiger partial charge in [-0.3, -0.25) is 0 Å². The number of aliphatic hydroxyl groups excluding tert-OH is 1. The van der Waals surface area contributed by atoms with Gasteiger partial charge in [-0.15, -0.1) is 0 Å². The van der Waals surface area contributed by atoms with Crippen molar-refractivity contribution in [2.75, 3.05) is 6.54 Å². The number of rotatable bonds is 2. The highest BCUT2D eigenvalue weighted by atomic mass is 19.1. The molecule has 0 aliphatic rings. The number of aliphatic hydroxyl groups is 1. The molecule has 1 aromatic rings. The normalized spacial score (nSPS) is 12.8. The molecule has 0 aromatic heterocycles. The molecule has 0 amide bonds. The highest BCUT2D eigenvalue weighted by molar-refractivity contribution is 5.42. The van der Waals surface area contributed by atoms with E-state index in [0.717, 1.165) is 12.1 Å². The molecule has 0 radical (unpaired) electrons. The molecule has 5 heteroatoms. The van der Waals surface area contributed by atoms with Gasteiger partial charge in [-0.05, 0) is 6.07 Å². The summed E-state index contributed by atoms with van der Waals surface area (Å²) in [7, 11) is 0. The van der Waals surface area contributed by atoms with Crippen molar-refractivity contribution in [1.29, 1.82) is 0 Å². The molecule has 0 fully saturated rings. The number of hydrogen-bond acceptors (Lipinski definition) is 3. The van der Waals surface area contributed by atoms with Crippen LogP contribution in [0.5, 0.6) is 11.5 Å². The van der Waals surface area contributed by atoms with Crippen molar-refractivity contribution in [3.05, 3.63) is 23.5 Å². The molecule has 1 unspecified atom stereocenters. The standard InChI is InChI=1S/C8H10FNO3/c9-5-2-7(12)6(11)1-4(5)8(13)3-10/h1-2,8,11-13H,3,10H2/p+1. The quantitative estimate of drug-likeness (QED) is 0.472. The maximum Gasteiger partial charge on any atom is 0.160 e. The predicted molar refractivity (Wildman–Crippen MR) is 42.4 cm³/mol. The Bertz CT molecular complexity index is 317. The second kappa shape index (κ2) is 3.59.